The monoisotopic (exact) mass is 386 g/mol. The van der Waals surface area contributed by atoms with Gasteiger partial charge < -0.3 is 20.3 Å². The van der Waals surface area contributed by atoms with Gasteiger partial charge in [0, 0.05) is 44.3 Å². The Kier molecular flexibility index (Phi) is 7.71. The molecule has 0 spiro atoms. The van der Waals surface area contributed by atoms with E-state index in [-0.39, 0.29) is 11.8 Å². The highest BCUT2D eigenvalue weighted by Crippen LogP contribution is 2.26. The number of benzene rings is 1. The average Bonchev–Trinajstić information content (AvgIpc) is 3.39. The number of hydrogen-bond acceptors (Lipinski definition) is 3. The Bertz CT molecular complexity index is 664. The molecule has 1 aromatic rings. The third-order valence-electron chi connectivity index (χ3n) is 5.58. The van der Waals surface area contributed by atoms with Crippen LogP contribution in [0.5, 0.6) is 0 Å². The summed E-state index contributed by atoms with van der Waals surface area (Å²) >= 11 is 0. The summed E-state index contributed by atoms with van der Waals surface area (Å²) in [4.78, 5) is 19.4. The fraction of sp³-hybridized carbons (Fsp3) is 0.636. The quantitative estimate of drug-likeness (QED) is 0.558. The van der Waals surface area contributed by atoms with Gasteiger partial charge in [-0.2, -0.15) is 0 Å². The number of carbonyl (C=O) groups excluding carboxylic acids is 1. The summed E-state index contributed by atoms with van der Waals surface area (Å²) in [6.45, 7) is 6.16. The van der Waals surface area contributed by atoms with Gasteiger partial charge in [-0.3, -0.25) is 4.79 Å². The Morgan fingerprint density at radius 2 is 2.11 bits per heavy atom. The molecule has 1 heterocycles. The number of amides is 1. The summed E-state index contributed by atoms with van der Waals surface area (Å²) in [5.41, 5.74) is 1.96. The van der Waals surface area contributed by atoms with Gasteiger partial charge in [0.05, 0.1) is 13.2 Å². The lowest BCUT2D eigenvalue weighted by Gasteiger charge is -2.24. The van der Waals surface area contributed by atoms with E-state index < -0.39 is 0 Å². The van der Waals surface area contributed by atoms with Crippen molar-refractivity contribution in [3.63, 3.8) is 0 Å². The van der Waals surface area contributed by atoms with Crippen molar-refractivity contribution in [2.75, 3.05) is 38.7 Å². The lowest BCUT2D eigenvalue weighted by Crippen LogP contribution is -2.41. The average molecular weight is 387 g/mol. The van der Waals surface area contributed by atoms with Gasteiger partial charge in [-0.15, -0.1) is 0 Å². The molecule has 3 rings (SSSR count). The highest BCUT2D eigenvalue weighted by molar-refractivity contribution is 5.92. The van der Waals surface area contributed by atoms with Crippen LogP contribution in [0.2, 0.25) is 0 Å². The molecule has 6 nitrogen and oxygen atoms in total. The Hall–Kier alpha value is -2.08. The second-order valence-electron chi connectivity index (χ2n) is 7.95. The molecule has 1 unspecified atom stereocenters. The predicted molar refractivity (Wildman–Crippen MR) is 113 cm³/mol. The minimum absolute atomic E-state index is 0.157. The number of hydrogen-bond donors (Lipinski definition) is 2. The summed E-state index contributed by atoms with van der Waals surface area (Å²) in [5.74, 6) is 1.82. The molecule has 154 valence electrons. The normalized spacial score (nSPS) is 20.4. The van der Waals surface area contributed by atoms with Crippen LogP contribution in [0.25, 0.3) is 0 Å². The minimum atomic E-state index is 0.157. The summed E-state index contributed by atoms with van der Waals surface area (Å²) in [6, 6.07) is 8.03. The van der Waals surface area contributed by atoms with Crippen molar-refractivity contribution in [2.24, 2.45) is 16.8 Å². The van der Waals surface area contributed by atoms with E-state index in [0.29, 0.717) is 12.5 Å². The van der Waals surface area contributed by atoms with Crippen molar-refractivity contribution in [1.29, 1.82) is 0 Å². The Morgan fingerprint density at radius 3 is 2.82 bits per heavy atom. The van der Waals surface area contributed by atoms with Crippen molar-refractivity contribution in [3.05, 3.63) is 29.8 Å². The van der Waals surface area contributed by atoms with Crippen LogP contribution >= 0.6 is 0 Å². The van der Waals surface area contributed by atoms with Gasteiger partial charge in [0.25, 0.3) is 0 Å². The van der Waals surface area contributed by atoms with Crippen LogP contribution in [0.4, 0.5) is 5.69 Å². The highest BCUT2D eigenvalue weighted by atomic mass is 16.5. The number of aliphatic imine (C=N–C) groups is 1. The first kappa shape index (κ1) is 20.6. The van der Waals surface area contributed by atoms with E-state index in [2.05, 4.69) is 35.6 Å². The molecule has 6 heteroatoms. The van der Waals surface area contributed by atoms with Crippen molar-refractivity contribution < 1.29 is 9.53 Å². The van der Waals surface area contributed by atoms with E-state index in [4.69, 9.17) is 9.73 Å². The molecule has 0 radical (unpaired) electrons. The van der Waals surface area contributed by atoms with Crippen LogP contribution in [0.1, 0.15) is 44.6 Å². The Labute approximate surface area is 168 Å². The van der Waals surface area contributed by atoms with Gasteiger partial charge in [0.15, 0.2) is 5.96 Å². The molecule has 1 aromatic carbocycles. The highest BCUT2D eigenvalue weighted by Gasteiger charge is 2.22. The molecule has 0 bridgehead atoms. The van der Waals surface area contributed by atoms with E-state index in [0.717, 1.165) is 62.8 Å². The summed E-state index contributed by atoms with van der Waals surface area (Å²) in [7, 11) is 2.08. The number of nitrogens with zero attached hydrogens (tertiary/aromatic N) is 2. The van der Waals surface area contributed by atoms with Crippen molar-refractivity contribution in [2.45, 2.75) is 45.6 Å². The van der Waals surface area contributed by atoms with Gasteiger partial charge in [-0.1, -0.05) is 25.0 Å². The topological polar surface area (TPSA) is 66.0 Å². The Morgan fingerprint density at radius 1 is 1.29 bits per heavy atom. The second-order valence-corrected chi connectivity index (χ2v) is 7.95. The largest absolute Gasteiger partial charge is 0.381 e. The minimum Gasteiger partial charge on any atom is -0.381 e. The van der Waals surface area contributed by atoms with Gasteiger partial charge in [-0.05, 0) is 43.9 Å². The first-order chi connectivity index (χ1) is 13.7. The lowest BCUT2D eigenvalue weighted by atomic mass is 10.1. The second kappa shape index (κ2) is 10.5. The first-order valence-corrected chi connectivity index (χ1v) is 10.6. The van der Waals surface area contributed by atoms with E-state index >= 15 is 0 Å². The van der Waals surface area contributed by atoms with Crippen molar-refractivity contribution >= 4 is 17.6 Å². The Balaban J connectivity index is 1.59. The molecule has 1 aliphatic heterocycles. The maximum Gasteiger partial charge on any atom is 0.227 e. The van der Waals surface area contributed by atoms with E-state index in [9.17, 15) is 4.79 Å². The molecule has 1 saturated heterocycles. The summed E-state index contributed by atoms with van der Waals surface area (Å²) in [5, 5.41) is 6.46. The maximum atomic E-state index is 12.4. The molecule has 1 amide bonds. The fourth-order valence-electron chi connectivity index (χ4n) is 4.02. The van der Waals surface area contributed by atoms with Crippen LogP contribution in [-0.4, -0.2) is 50.1 Å². The molecule has 2 N–H and O–H groups in total. The number of nitrogens with one attached hydrogen (secondary N) is 2. The van der Waals surface area contributed by atoms with Crippen LogP contribution in [-0.2, 0) is 16.1 Å². The van der Waals surface area contributed by atoms with Gasteiger partial charge in [0.2, 0.25) is 5.91 Å². The van der Waals surface area contributed by atoms with Crippen LogP contribution in [0.3, 0.4) is 0 Å². The smallest absolute Gasteiger partial charge is 0.227 e. The molecule has 2 aliphatic rings. The number of ether oxygens (including phenoxy) is 1. The molecule has 1 saturated carbocycles. The van der Waals surface area contributed by atoms with Gasteiger partial charge >= 0.3 is 0 Å². The zero-order valence-corrected chi connectivity index (χ0v) is 17.2. The molecule has 2 fully saturated rings. The standard InChI is InChI=1S/C22H34N4O2/c1-3-23-22(26(2)15-18-11-12-28-16-18)24-14-17-7-6-10-20(13-17)25-21(27)19-8-4-5-9-19/h6-7,10,13,18-19H,3-5,8-9,11-12,14-16H2,1-2H3,(H,23,24)(H,25,27). The van der Waals surface area contributed by atoms with Crippen LogP contribution in [0.15, 0.2) is 29.3 Å². The molecule has 0 aromatic heterocycles. The lowest BCUT2D eigenvalue weighted by molar-refractivity contribution is -0.119. The van der Waals surface area contributed by atoms with Gasteiger partial charge in [0.1, 0.15) is 0 Å². The molecular formula is C22H34N4O2. The number of carbonyl (C=O) groups is 1. The van der Waals surface area contributed by atoms with E-state index in [1.807, 2.05) is 18.2 Å². The van der Waals surface area contributed by atoms with Crippen LogP contribution < -0.4 is 10.6 Å². The van der Waals surface area contributed by atoms with E-state index in [1.54, 1.807) is 0 Å². The molecular weight excluding hydrogens is 352 g/mol. The number of rotatable bonds is 7. The fourth-order valence-corrected chi connectivity index (χ4v) is 4.02. The number of guanidine groups is 1. The molecule has 28 heavy (non-hydrogen) atoms. The number of anilines is 1. The van der Waals surface area contributed by atoms with Gasteiger partial charge in [-0.25, -0.2) is 4.99 Å². The zero-order chi connectivity index (χ0) is 19.8. The first-order valence-electron chi connectivity index (χ1n) is 10.6. The zero-order valence-electron chi connectivity index (χ0n) is 17.2. The predicted octanol–water partition coefficient (Wildman–Crippen LogP) is 3.25. The molecule has 1 aliphatic carbocycles. The van der Waals surface area contributed by atoms with E-state index in [1.165, 1.54) is 12.8 Å². The van der Waals surface area contributed by atoms with Crippen molar-refractivity contribution in [1.82, 2.24) is 10.2 Å². The summed E-state index contributed by atoms with van der Waals surface area (Å²) in [6.07, 6.45) is 5.48. The SMILES string of the molecule is CCNC(=NCc1cccc(NC(=O)C2CCCC2)c1)N(C)CC1CCOC1. The van der Waals surface area contributed by atoms with Crippen LogP contribution in [0, 0.1) is 11.8 Å². The molecule has 1 atom stereocenters. The van der Waals surface area contributed by atoms with Crippen molar-refractivity contribution in [3.8, 4) is 0 Å². The maximum absolute atomic E-state index is 12.4. The third-order valence-corrected chi connectivity index (χ3v) is 5.58. The summed E-state index contributed by atoms with van der Waals surface area (Å²) < 4.78 is 5.49. The third kappa shape index (κ3) is 5.96.